The van der Waals surface area contributed by atoms with Crippen LogP contribution in [0.1, 0.15) is 47.7 Å². The number of fused-ring (bicyclic) bond motifs is 1. The third-order valence-electron chi connectivity index (χ3n) is 7.46. The molecule has 0 radical (unpaired) electrons. The zero-order valence-electron chi connectivity index (χ0n) is 21.4. The first-order valence-electron chi connectivity index (χ1n) is 13.0. The highest BCUT2D eigenvalue weighted by Gasteiger charge is 2.30. The summed E-state index contributed by atoms with van der Waals surface area (Å²) < 4.78 is 54.2. The molecule has 206 valence electrons. The number of halogens is 5. The van der Waals surface area contributed by atoms with Crippen molar-refractivity contribution in [3.8, 4) is 0 Å². The van der Waals surface area contributed by atoms with Gasteiger partial charge < -0.3 is 17.3 Å². The summed E-state index contributed by atoms with van der Waals surface area (Å²) in [5.74, 6) is -0.296. The lowest BCUT2D eigenvalue weighted by Crippen LogP contribution is -3.12. The van der Waals surface area contributed by atoms with Crippen molar-refractivity contribution in [1.29, 1.82) is 0 Å². The summed E-state index contributed by atoms with van der Waals surface area (Å²) in [5, 5.41) is 6.26. The zero-order valence-corrected chi connectivity index (χ0v) is 22.1. The monoisotopic (exact) mass is 559 g/mol. The Labute approximate surface area is 230 Å². The van der Waals surface area contributed by atoms with Crippen LogP contribution in [0.4, 0.5) is 17.6 Å². The first-order valence-corrected chi connectivity index (χ1v) is 13.0. The van der Waals surface area contributed by atoms with Crippen LogP contribution < -0.4 is 22.9 Å². The van der Waals surface area contributed by atoms with Crippen molar-refractivity contribution in [1.82, 2.24) is 9.78 Å². The molecule has 0 amide bonds. The van der Waals surface area contributed by atoms with Crippen LogP contribution in [-0.2, 0) is 19.0 Å². The smallest absolute Gasteiger partial charge is 0.416 e. The predicted octanol–water partition coefficient (Wildman–Crippen LogP) is 2.00. The van der Waals surface area contributed by atoms with E-state index in [1.165, 1.54) is 29.2 Å². The molecule has 1 N–H and O–H groups in total. The van der Waals surface area contributed by atoms with Crippen LogP contribution in [0.5, 0.6) is 0 Å². The molecule has 1 aliphatic heterocycles. The van der Waals surface area contributed by atoms with Gasteiger partial charge in [0.1, 0.15) is 5.82 Å². The quantitative estimate of drug-likeness (QED) is 0.367. The topological polar surface area (TPSA) is 39.3 Å². The molecule has 1 aliphatic rings. The summed E-state index contributed by atoms with van der Waals surface area (Å²) >= 11 is 0. The fraction of sp³-hybridized carbons (Fsp3) is 0.333. The maximum absolute atomic E-state index is 13.4. The Morgan fingerprint density at radius 1 is 0.897 bits per heavy atom. The molecule has 2 heterocycles. The lowest BCUT2D eigenvalue weighted by atomic mass is 10.0. The van der Waals surface area contributed by atoms with E-state index >= 15 is 0 Å². The van der Waals surface area contributed by atoms with E-state index < -0.39 is 11.7 Å². The van der Waals surface area contributed by atoms with Crippen molar-refractivity contribution >= 4 is 10.8 Å². The summed E-state index contributed by atoms with van der Waals surface area (Å²) in [6, 6.07) is 19.3. The van der Waals surface area contributed by atoms with Crippen LogP contribution in [0.25, 0.3) is 10.8 Å². The highest BCUT2D eigenvalue weighted by atomic mass is 35.5. The van der Waals surface area contributed by atoms with Crippen LogP contribution in [0, 0.1) is 5.82 Å². The van der Waals surface area contributed by atoms with Gasteiger partial charge in [-0.2, -0.15) is 18.3 Å². The van der Waals surface area contributed by atoms with Crippen molar-refractivity contribution in [3.63, 3.8) is 0 Å². The molecule has 1 saturated heterocycles. The van der Waals surface area contributed by atoms with Crippen molar-refractivity contribution in [2.24, 2.45) is 0 Å². The minimum absolute atomic E-state index is 0. The molecule has 4 nitrogen and oxygen atoms in total. The molecule has 5 rings (SSSR count). The van der Waals surface area contributed by atoms with Gasteiger partial charge in [0.2, 0.25) is 0 Å². The number of benzene rings is 3. The SMILES string of the molecule is O=c1c2ccccc2c(Cc2ccc(F)cc2)nn1C1CCC[NH+](CCc2cccc(C(F)(F)F)c2)CC1.[Cl-]. The number of hydrogen-bond acceptors (Lipinski definition) is 2. The lowest BCUT2D eigenvalue weighted by Gasteiger charge is -2.19. The van der Waals surface area contributed by atoms with Crippen LogP contribution in [0.15, 0.2) is 77.6 Å². The van der Waals surface area contributed by atoms with Gasteiger partial charge in [-0.15, -0.1) is 0 Å². The van der Waals surface area contributed by atoms with E-state index in [0.29, 0.717) is 23.8 Å². The molecule has 0 aliphatic carbocycles. The first kappa shape index (κ1) is 28.8. The van der Waals surface area contributed by atoms with E-state index in [9.17, 15) is 22.4 Å². The fourth-order valence-corrected chi connectivity index (χ4v) is 5.39. The summed E-state index contributed by atoms with van der Waals surface area (Å²) in [7, 11) is 0. The van der Waals surface area contributed by atoms with Crippen molar-refractivity contribution in [2.45, 2.75) is 44.3 Å². The standard InChI is InChI=1S/C30H29F4N3O.ClH/c31-24-12-10-22(11-13-24)20-28-26-8-1-2-9-27(26)29(38)37(35-28)25-7-4-16-36(18-15-25)17-14-21-5-3-6-23(19-21)30(32,33)34;/h1-3,5-6,8-13,19,25H,4,7,14-18,20H2;1H. The number of quaternary nitrogens is 1. The van der Waals surface area contributed by atoms with E-state index in [0.717, 1.165) is 61.6 Å². The number of nitrogens with zero attached hydrogens (tertiary/aromatic N) is 2. The van der Waals surface area contributed by atoms with E-state index in [1.807, 2.05) is 24.3 Å². The molecule has 2 atom stereocenters. The van der Waals surface area contributed by atoms with Gasteiger partial charge in [0, 0.05) is 24.6 Å². The molecule has 2 unspecified atom stereocenters. The molecule has 9 heteroatoms. The average Bonchev–Trinajstić information content (AvgIpc) is 3.16. The molecule has 3 aromatic carbocycles. The Bertz CT molecular complexity index is 1470. The van der Waals surface area contributed by atoms with Gasteiger partial charge in [0.25, 0.3) is 5.56 Å². The maximum Gasteiger partial charge on any atom is 0.416 e. The summed E-state index contributed by atoms with van der Waals surface area (Å²) in [6.07, 6.45) is -0.805. The first-order chi connectivity index (χ1) is 18.3. The minimum Gasteiger partial charge on any atom is -1.00 e. The molecule has 39 heavy (non-hydrogen) atoms. The Hall–Kier alpha value is -3.23. The molecule has 0 saturated carbocycles. The second kappa shape index (κ2) is 12.3. The van der Waals surface area contributed by atoms with Gasteiger partial charge in [-0.3, -0.25) is 4.79 Å². The van der Waals surface area contributed by atoms with Gasteiger partial charge in [-0.05, 0) is 48.2 Å². The van der Waals surface area contributed by atoms with E-state index in [4.69, 9.17) is 5.10 Å². The third-order valence-corrected chi connectivity index (χ3v) is 7.46. The zero-order chi connectivity index (χ0) is 26.7. The number of hydrogen-bond donors (Lipinski definition) is 1. The number of aromatic nitrogens is 2. The molecular formula is C30H30ClF4N3O. The van der Waals surface area contributed by atoms with Gasteiger partial charge in [0.05, 0.1) is 42.3 Å². The van der Waals surface area contributed by atoms with Gasteiger partial charge in [-0.1, -0.05) is 48.5 Å². The Morgan fingerprint density at radius 3 is 2.38 bits per heavy atom. The van der Waals surface area contributed by atoms with Crippen LogP contribution in [0.2, 0.25) is 0 Å². The number of rotatable bonds is 6. The maximum atomic E-state index is 13.4. The predicted molar refractivity (Wildman–Crippen MR) is 139 cm³/mol. The highest BCUT2D eigenvalue weighted by Crippen LogP contribution is 2.29. The summed E-state index contributed by atoms with van der Waals surface area (Å²) in [5.41, 5.74) is 1.66. The van der Waals surface area contributed by atoms with E-state index in [1.54, 1.807) is 22.9 Å². The Morgan fingerprint density at radius 2 is 1.64 bits per heavy atom. The van der Waals surface area contributed by atoms with Crippen molar-refractivity contribution in [3.05, 3.63) is 111 Å². The fourth-order valence-electron chi connectivity index (χ4n) is 5.39. The van der Waals surface area contributed by atoms with Gasteiger partial charge in [-0.25, -0.2) is 9.07 Å². The number of alkyl halides is 3. The van der Waals surface area contributed by atoms with E-state index in [2.05, 4.69) is 0 Å². The van der Waals surface area contributed by atoms with Crippen LogP contribution in [0.3, 0.4) is 0 Å². The van der Waals surface area contributed by atoms with Gasteiger partial charge >= 0.3 is 6.18 Å². The van der Waals surface area contributed by atoms with E-state index in [-0.39, 0.29) is 29.8 Å². The summed E-state index contributed by atoms with van der Waals surface area (Å²) in [4.78, 5) is 14.8. The second-order valence-electron chi connectivity index (χ2n) is 10.1. The summed E-state index contributed by atoms with van der Waals surface area (Å²) in [6.45, 7) is 2.46. The molecular weight excluding hydrogens is 530 g/mol. The second-order valence-corrected chi connectivity index (χ2v) is 10.1. The molecule has 4 aromatic rings. The van der Waals surface area contributed by atoms with Crippen molar-refractivity contribution in [2.75, 3.05) is 19.6 Å². The number of likely N-dealkylation sites (tertiary alicyclic amines) is 1. The largest absolute Gasteiger partial charge is 1.00 e. The lowest BCUT2D eigenvalue weighted by molar-refractivity contribution is -0.899. The molecule has 0 spiro atoms. The molecule has 1 fully saturated rings. The minimum atomic E-state index is -4.34. The average molecular weight is 560 g/mol. The molecule has 1 aromatic heterocycles. The van der Waals surface area contributed by atoms with Crippen LogP contribution in [-0.4, -0.2) is 29.4 Å². The van der Waals surface area contributed by atoms with Crippen LogP contribution >= 0.6 is 0 Å². The normalized spacial score (nSPS) is 17.9. The Kier molecular flexibility index (Phi) is 9.08. The van der Waals surface area contributed by atoms with Crippen molar-refractivity contribution < 1.29 is 34.9 Å². The number of nitrogens with one attached hydrogen (secondary N) is 1. The highest BCUT2D eigenvalue weighted by molar-refractivity contribution is 5.83. The van der Waals surface area contributed by atoms with Gasteiger partial charge in [0.15, 0.2) is 0 Å². The Balaban J connectivity index is 0.00000353. The third kappa shape index (κ3) is 6.86. The molecule has 0 bridgehead atoms.